The van der Waals surface area contributed by atoms with Gasteiger partial charge in [0.25, 0.3) is 0 Å². The predicted octanol–water partition coefficient (Wildman–Crippen LogP) is 2.77. The van der Waals surface area contributed by atoms with Gasteiger partial charge in [0.05, 0.1) is 12.1 Å². The molecular formula is C15H23BrN2O2. The molecular weight excluding hydrogens is 320 g/mol. The molecule has 1 rings (SSSR count). The van der Waals surface area contributed by atoms with Crippen LogP contribution in [-0.4, -0.2) is 29.7 Å². The maximum absolute atomic E-state index is 11.7. The Balaban J connectivity index is 2.31. The number of carbonyl (C=O) groups is 1. The number of benzene rings is 1. The van der Waals surface area contributed by atoms with Crippen LogP contribution in [0.4, 0.5) is 5.69 Å². The van der Waals surface area contributed by atoms with E-state index in [-0.39, 0.29) is 12.5 Å². The third-order valence-electron chi connectivity index (χ3n) is 2.77. The zero-order chi connectivity index (χ0) is 15.2. The van der Waals surface area contributed by atoms with Crippen molar-refractivity contribution in [1.29, 1.82) is 0 Å². The molecule has 0 heterocycles. The van der Waals surface area contributed by atoms with Crippen molar-refractivity contribution >= 4 is 27.5 Å². The number of rotatable bonds is 7. The highest BCUT2D eigenvalue weighted by Gasteiger charge is 2.21. The number of carbonyl (C=O) groups excluding carboxylic acids is 1. The molecule has 0 saturated carbocycles. The van der Waals surface area contributed by atoms with Crippen molar-refractivity contribution in [3.8, 4) is 0 Å². The van der Waals surface area contributed by atoms with Crippen LogP contribution in [0.1, 0.15) is 27.2 Å². The van der Waals surface area contributed by atoms with Gasteiger partial charge in [0, 0.05) is 16.7 Å². The van der Waals surface area contributed by atoms with Gasteiger partial charge in [0.15, 0.2) is 0 Å². The second-order valence-corrected chi connectivity index (χ2v) is 6.67. The minimum atomic E-state index is -0.786. The Bertz CT molecular complexity index is 430. The number of nitrogens with one attached hydrogen (secondary N) is 2. The summed E-state index contributed by atoms with van der Waals surface area (Å²) >= 11 is 3.34. The Labute approximate surface area is 129 Å². The zero-order valence-electron chi connectivity index (χ0n) is 12.2. The van der Waals surface area contributed by atoms with E-state index in [1.54, 1.807) is 6.92 Å². The Kier molecular flexibility index (Phi) is 6.65. The fourth-order valence-electron chi connectivity index (χ4n) is 2.14. The third-order valence-corrected chi connectivity index (χ3v) is 3.30. The summed E-state index contributed by atoms with van der Waals surface area (Å²) in [4.78, 5) is 11.7. The molecule has 0 spiro atoms. The second-order valence-electron chi connectivity index (χ2n) is 5.75. The summed E-state index contributed by atoms with van der Waals surface area (Å²) in [7, 11) is 0. The molecule has 20 heavy (non-hydrogen) atoms. The number of halogens is 1. The Morgan fingerprint density at radius 3 is 2.50 bits per heavy atom. The predicted molar refractivity (Wildman–Crippen MR) is 85.7 cm³/mol. The molecule has 0 aliphatic heterocycles. The number of anilines is 1. The summed E-state index contributed by atoms with van der Waals surface area (Å²) in [6, 6.07) is 7.40. The Hall–Kier alpha value is -0.910. The normalized spacial score (nSPS) is 14.1. The minimum Gasteiger partial charge on any atom is -0.389 e. The maximum Gasteiger partial charge on any atom is 0.238 e. The van der Waals surface area contributed by atoms with Crippen molar-refractivity contribution in [2.24, 2.45) is 5.92 Å². The molecule has 0 radical (unpaired) electrons. The van der Waals surface area contributed by atoms with Gasteiger partial charge >= 0.3 is 0 Å². The van der Waals surface area contributed by atoms with Crippen molar-refractivity contribution in [3.05, 3.63) is 28.7 Å². The van der Waals surface area contributed by atoms with Crippen LogP contribution in [0.3, 0.4) is 0 Å². The van der Waals surface area contributed by atoms with Gasteiger partial charge in [-0.3, -0.25) is 4.79 Å². The molecule has 1 unspecified atom stereocenters. The summed E-state index contributed by atoms with van der Waals surface area (Å²) in [5, 5.41) is 15.9. The molecule has 1 aromatic rings. The first-order chi connectivity index (χ1) is 9.28. The average Bonchev–Trinajstić information content (AvgIpc) is 2.30. The first-order valence-corrected chi connectivity index (χ1v) is 7.56. The van der Waals surface area contributed by atoms with Crippen molar-refractivity contribution in [3.63, 3.8) is 0 Å². The first kappa shape index (κ1) is 17.1. The number of hydrogen-bond donors (Lipinski definition) is 3. The Morgan fingerprint density at radius 1 is 1.35 bits per heavy atom. The lowest BCUT2D eigenvalue weighted by atomic mass is 9.94. The van der Waals surface area contributed by atoms with E-state index in [2.05, 4.69) is 40.4 Å². The topological polar surface area (TPSA) is 61.4 Å². The number of amides is 1. The lowest BCUT2D eigenvalue weighted by Crippen LogP contribution is -2.41. The molecule has 0 saturated heterocycles. The second kappa shape index (κ2) is 7.76. The lowest BCUT2D eigenvalue weighted by molar-refractivity contribution is -0.115. The molecule has 5 heteroatoms. The summed E-state index contributed by atoms with van der Waals surface area (Å²) in [6.45, 7) is 6.50. The highest BCUT2D eigenvalue weighted by molar-refractivity contribution is 9.10. The SMILES string of the molecule is CC(C)CC(C)(O)CNCC(=O)Nc1ccc(Br)cc1. The molecule has 3 N–H and O–H groups in total. The molecule has 0 aliphatic rings. The van der Waals surface area contributed by atoms with Gasteiger partial charge < -0.3 is 15.7 Å². The van der Waals surface area contributed by atoms with E-state index in [0.29, 0.717) is 18.9 Å². The van der Waals surface area contributed by atoms with E-state index in [1.807, 2.05) is 24.3 Å². The molecule has 1 amide bonds. The quantitative estimate of drug-likeness (QED) is 0.713. The van der Waals surface area contributed by atoms with Gasteiger partial charge in [-0.25, -0.2) is 0 Å². The van der Waals surface area contributed by atoms with Gasteiger partial charge in [-0.2, -0.15) is 0 Å². The van der Waals surface area contributed by atoms with Crippen molar-refractivity contribution in [2.75, 3.05) is 18.4 Å². The van der Waals surface area contributed by atoms with E-state index in [9.17, 15) is 9.90 Å². The molecule has 1 atom stereocenters. The van der Waals surface area contributed by atoms with Crippen LogP contribution in [0.15, 0.2) is 28.7 Å². The van der Waals surface area contributed by atoms with Gasteiger partial charge in [0.1, 0.15) is 0 Å². The first-order valence-electron chi connectivity index (χ1n) is 6.77. The van der Waals surface area contributed by atoms with E-state index in [1.165, 1.54) is 0 Å². The minimum absolute atomic E-state index is 0.118. The van der Waals surface area contributed by atoms with Crippen molar-refractivity contribution in [1.82, 2.24) is 5.32 Å². The largest absolute Gasteiger partial charge is 0.389 e. The van der Waals surface area contributed by atoms with Gasteiger partial charge in [-0.15, -0.1) is 0 Å². The fraction of sp³-hybridized carbons (Fsp3) is 0.533. The van der Waals surface area contributed by atoms with Crippen LogP contribution < -0.4 is 10.6 Å². The van der Waals surface area contributed by atoms with Crippen LogP contribution in [0.5, 0.6) is 0 Å². The number of aliphatic hydroxyl groups is 1. The Morgan fingerprint density at radius 2 is 1.95 bits per heavy atom. The highest BCUT2D eigenvalue weighted by atomic mass is 79.9. The van der Waals surface area contributed by atoms with Gasteiger partial charge in [-0.05, 0) is 43.5 Å². The molecule has 0 aliphatic carbocycles. The lowest BCUT2D eigenvalue weighted by Gasteiger charge is -2.25. The van der Waals surface area contributed by atoms with Gasteiger partial charge in [0.2, 0.25) is 5.91 Å². The summed E-state index contributed by atoms with van der Waals surface area (Å²) in [5.41, 5.74) is -0.0274. The average molecular weight is 343 g/mol. The van der Waals surface area contributed by atoms with E-state index < -0.39 is 5.60 Å². The molecule has 1 aromatic carbocycles. The fourth-order valence-corrected chi connectivity index (χ4v) is 2.40. The van der Waals surface area contributed by atoms with E-state index in [0.717, 1.165) is 10.2 Å². The van der Waals surface area contributed by atoms with Crippen LogP contribution >= 0.6 is 15.9 Å². The van der Waals surface area contributed by atoms with Crippen molar-refractivity contribution in [2.45, 2.75) is 32.8 Å². The third kappa shape index (κ3) is 7.03. The monoisotopic (exact) mass is 342 g/mol. The van der Waals surface area contributed by atoms with Crippen LogP contribution in [0.2, 0.25) is 0 Å². The van der Waals surface area contributed by atoms with Crippen LogP contribution in [-0.2, 0) is 4.79 Å². The molecule has 0 fully saturated rings. The number of hydrogen-bond acceptors (Lipinski definition) is 3. The van der Waals surface area contributed by atoms with Crippen molar-refractivity contribution < 1.29 is 9.90 Å². The molecule has 0 bridgehead atoms. The highest BCUT2D eigenvalue weighted by Crippen LogP contribution is 2.15. The molecule has 4 nitrogen and oxygen atoms in total. The van der Waals surface area contributed by atoms with Crippen LogP contribution in [0.25, 0.3) is 0 Å². The standard InChI is InChI=1S/C15H23BrN2O2/c1-11(2)8-15(3,20)10-17-9-14(19)18-13-6-4-12(16)5-7-13/h4-7,11,17,20H,8-10H2,1-3H3,(H,18,19). The molecule has 112 valence electrons. The van der Waals surface area contributed by atoms with E-state index in [4.69, 9.17) is 0 Å². The zero-order valence-corrected chi connectivity index (χ0v) is 13.8. The van der Waals surface area contributed by atoms with Gasteiger partial charge in [-0.1, -0.05) is 29.8 Å². The molecule has 0 aromatic heterocycles. The van der Waals surface area contributed by atoms with E-state index >= 15 is 0 Å². The summed E-state index contributed by atoms with van der Waals surface area (Å²) < 4.78 is 0.971. The van der Waals surface area contributed by atoms with Crippen LogP contribution in [0, 0.1) is 5.92 Å². The smallest absolute Gasteiger partial charge is 0.238 e. The summed E-state index contributed by atoms with van der Waals surface area (Å²) in [5.74, 6) is 0.302. The summed E-state index contributed by atoms with van der Waals surface area (Å²) in [6.07, 6.45) is 0.703. The maximum atomic E-state index is 11.7.